The number of likely N-dealkylation sites (N-methyl/N-ethyl adjacent to an activating group) is 1. The maximum Gasteiger partial charge on any atom is 0.0661 e. The molecule has 0 spiro atoms. The predicted octanol–water partition coefficient (Wildman–Crippen LogP) is 2.00. The second-order valence-electron chi connectivity index (χ2n) is 3.68. The summed E-state index contributed by atoms with van der Waals surface area (Å²) < 4.78 is 5.44. The maximum absolute atomic E-state index is 5.44. The Hall–Kier alpha value is -0.930. The zero-order valence-corrected chi connectivity index (χ0v) is 10.0. The van der Waals surface area contributed by atoms with Crippen molar-refractivity contribution in [2.24, 2.45) is 0 Å². The van der Waals surface area contributed by atoms with E-state index in [1.165, 1.54) is 5.56 Å². The van der Waals surface area contributed by atoms with Crippen molar-refractivity contribution in [1.82, 2.24) is 10.3 Å². The maximum atomic E-state index is 5.44. The largest absolute Gasteiger partial charge is 0.380 e. The molecule has 0 aliphatic heterocycles. The summed E-state index contributed by atoms with van der Waals surface area (Å²) in [5.74, 6) is 0. The van der Waals surface area contributed by atoms with Crippen molar-refractivity contribution in [2.75, 3.05) is 20.3 Å². The summed E-state index contributed by atoms with van der Waals surface area (Å²) in [6.07, 6.45) is 0. The number of aromatic nitrogens is 1. The minimum absolute atomic E-state index is 0.255. The molecule has 0 amide bonds. The van der Waals surface area contributed by atoms with Gasteiger partial charge >= 0.3 is 0 Å². The van der Waals surface area contributed by atoms with Crippen LogP contribution in [0.2, 0.25) is 0 Å². The first-order chi connectivity index (χ1) is 7.17. The van der Waals surface area contributed by atoms with Crippen LogP contribution in [0.15, 0.2) is 12.1 Å². The van der Waals surface area contributed by atoms with E-state index < -0.39 is 0 Å². The van der Waals surface area contributed by atoms with Gasteiger partial charge in [0, 0.05) is 18.0 Å². The Bertz CT molecular complexity index is 292. The van der Waals surface area contributed by atoms with Gasteiger partial charge in [-0.3, -0.25) is 4.98 Å². The summed E-state index contributed by atoms with van der Waals surface area (Å²) in [6.45, 7) is 7.50. The van der Waals surface area contributed by atoms with E-state index >= 15 is 0 Å². The van der Waals surface area contributed by atoms with Gasteiger partial charge in [-0.1, -0.05) is 0 Å². The molecular weight excluding hydrogens is 188 g/mol. The lowest BCUT2D eigenvalue weighted by molar-refractivity contribution is 0.125. The molecule has 3 nitrogen and oxygen atoms in total. The Morgan fingerprint density at radius 1 is 1.33 bits per heavy atom. The molecule has 1 aromatic rings. The molecule has 0 bridgehead atoms. The topological polar surface area (TPSA) is 34.1 Å². The van der Waals surface area contributed by atoms with Gasteiger partial charge in [-0.25, -0.2) is 0 Å². The van der Waals surface area contributed by atoms with Gasteiger partial charge in [0.05, 0.1) is 12.6 Å². The minimum atomic E-state index is 0.255. The molecular formula is C12H20N2O. The fourth-order valence-corrected chi connectivity index (χ4v) is 1.65. The lowest BCUT2D eigenvalue weighted by Gasteiger charge is -2.17. The van der Waals surface area contributed by atoms with Gasteiger partial charge in [0.15, 0.2) is 0 Å². The molecule has 0 saturated heterocycles. The average Bonchev–Trinajstić information content (AvgIpc) is 2.17. The smallest absolute Gasteiger partial charge is 0.0661 e. The molecule has 15 heavy (non-hydrogen) atoms. The van der Waals surface area contributed by atoms with Crippen LogP contribution >= 0.6 is 0 Å². The normalized spacial score (nSPS) is 12.8. The van der Waals surface area contributed by atoms with Crippen LogP contribution in [-0.4, -0.2) is 25.2 Å². The van der Waals surface area contributed by atoms with Crippen molar-refractivity contribution < 1.29 is 4.74 Å². The van der Waals surface area contributed by atoms with E-state index in [1.807, 2.05) is 27.8 Å². The number of hydrogen-bond acceptors (Lipinski definition) is 3. The van der Waals surface area contributed by atoms with Crippen molar-refractivity contribution >= 4 is 0 Å². The van der Waals surface area contributed by atoms with Crippen LogP contribution in [0.4, 0.5) is 0 Å². The van der Waals surface area contributed by atoms with Crippen molar-refractivity contribution in [3.8, 4) is 0 Å². The first kappa shape index (κ1) is 12.1. The van der Waals surface area contributed by atoms with E-state index in [9.17, 15) is 0 Å². The van der Waals surface area contributed by atoms with E-state index in [2.05, 4.69) is 22.4 Å². The van der Waals surface area contributed by atoms with Gasteiger partial charge in [0.2, 0.25) is 0 Å². The molecule has 1 heterocycles. The average molecular weight is 208 g/mol. The third-order valence-corrected chi connectivity index (χ3v) is 2.34. The fraction of sp³-hybridized carbons (Fsp3) is 0.583. The summed E-state index contributed by atoms with van der Waals surface area (Å²) in [5, 5.41) is 3.25. The van der Waals surface area contributed by atoms with Crippen LogP contribution in [0.3, 0.4) is 0 Å². The molecule has 0 aliphatic carbocycles. The molecule has 0 fully saturated rings. The Morgan fingerprint density at radius 2 is 1.93 bits per heavy atom. The third kappa shape index (κ3) is 3.61. The number of ether oxygens (including phenoxy) is 1. The van der Waals surface area contributed by atoms with Crippen LogP contribution in [0.1, 0.15) is 29.9 Å². The molecule has 84 valence electrons. The molecule has 1 N–H and O–H groups in total. The number of aryl methyl sites for hydroxylation is 2. The molecule has 0 aromatic carbocycles. The summed E-state index contributed by atoms with van der Waals surface area (Å²) >= 11 is 0. The number of rotatable bonds is 5. The number of nitrogens with one attached hydrogen (secondary N) is 1. The fourth-order valence-electron chi connectivity index (χ4n) is 1.65. The van der Waals surface area contributed by atoms with E-state index in [-0.39, 0.29) is 6.04 Å². The molecule has 0 radical (unpaired) electrons. The Labute approximate surface area is 91.9 Å². The lowest BCUT2D eigenvalue weighted by atomic mass is 10.1. The van der Waals surface area contributed by atoms with Crippen molar-refractivity contribution in [3.63, 3.8) is 0 Å². The second-order valence-corrected chi connectivity index (χ2v) is 3.68. The Balaban J connectivity index is 2.81. The zero-order chi connectivity index (χ0) is 11.3. The van der Waals surface area contributed by atoms with Crippen molar-refractivity contribution in [3.05, 3.63) is 29.1 Å². The molecule has 0 saturated carbocycles. The second kappa shape index (κ2) is 5.83. The minimum Gasteiger partial charge on any atom is -0.380 e. The predicted molar refractivity (Wildman–Crippen MR) is 62.0 cm³/mol. The molecule has 1 atom stereocenters. The van der Waals surface area contributed by atoms with Crippen molar-refractivity contribution in [2.45, 2.75) is 26.8 Å². The quantitative estimate of drug-likeness (QED) is 0.803. The Morgan fingerprint density at radius 3 is 2.40 bits per heavy atom. The molecule has 0 aliphatic rings. The van der Waals surface area contributed by atoms with Crippen LogP contribution in [0.5, 0.6) is 0 Å². The number of pyridine rings is 1. The summed E-state index contributed by atoms with van der Waals surface area (Å²) in [4.78, 5) is 4.36. The van der Waals surface area contributed by atoms with Crippen LogP contribution in [-0.2, 0) is 4.74 Å². The SMILES string of the molecule is CCOCC(NC)c1cc(C)nc(C)c1. The highest BCUT2D eigenvalue weighted by Gasteiger charge is 2.10. The number of hydrogen-bond donors (Lipinski definition) is 1. The molecule has 1 rings (SSSR count). The number of nitrogens with zero attached hydrogens (tertiary/aromatic N) is 1. The molecule has 1 aromatic heterocycles. The highest BCUT2D eigenvalue weighted by molar-refractivity contribution is 5.23. The lowest BCUT2D eigenvalue weighted by Crippen LogP contribution is -2.22. The van der Waals surface area contributed by atoms with Gasteiger partial charge < -0.3 is 10.1 Å². The summed E-state index contributed by atoms with van der Waals surface area (Å²) in [6, 6.07) is 4.46. The molecule has 3 heteroatoms. The van der Waals surface area contributed by atoms with E-state index in [1.54, 1.807) is 0 Å². The summed E-state index contributed by atoms with van der Waals surface area (Å²) in [5.41, 5.74) is 3.36. The zero-order valence-electron chi connectivity index (χ0n) is 10.0. The van der Waals surface area contributed by atoms with Crippen molar-refractivity contribution in [1.29, 1.82) is 0 Å². The van der Waals surface area contributed by atoms with Crippen LogP contribution in [0.25, 0.3) is 0 Å². The van der Waals surface area contributed by atoms with E-state index in [0.29, 0.717) is 6.61 Å². The van der Waals surface area contributed by atoms with Gasteiger partial charge in [-0.15, -0.1) is 0 Å². The van der Waals surface area contributed by atoms with Gasteiger partial charge in [-0.2, -0.15) is 0 Å². The van der Waals surface area contributed by atoms with Gasteiger partial charge in [0.1, 0.15) is 0 Å². The summed E-state index contributed by atoms with van der Waals surface area (Å²) in [7, 11) is 1.95. The monoisotopic (exact) mass is 208 g/mol. The highest BCUT2D eigenvalue weighted by Crippen LogP contribution is 2.15. The van der Waals surface area contributed by atoms with E-state index in [0.717, 1.165) is 18.0 Å². The standard InChI is InChI=1S/C12H20N2O/c1-5-15-8-12(13-4)11-6-9(2)14-10(3)7-11/h6-7,12-13H,5,8H2,1-4H3. The van der Waals surface area contributed by atoms with E-state index in [4.69, 9.17) is 4.74 Å². The first-order valence-corrected chi connectivity index (χ1v) is 5.37. The Kier molecular flexibility index (Phi) is 4.72. The van der Waals surface area contributed by atoms with Crippen LogP contribution in [0, 0.1) is 13.8 Å². The first-order valence-electron chi connectivity index (χ1n) is 5.37. The van der Waals surface area contributed by atoms with Gasteiger partial charge in [-0.05, 0) is 45.5 Å². The highest BCUT2D eigenvalue weighted by atomic mass is 16.5. The van der Waals surface area contributed by atoms with Crippen LogP contribution < -0.4 is 5.32 Å². The molecule has 1 unspecified atom stereocenters. The van der Waals surface area contributed by atoms with Gasteiger partial charge in [0.25, 0.3) is 0 Å². The third-order valence-electron chi connectivity index (χ3n) is 2.34.